The van der Waals surface area contributed by atoms with E-state index in [1.807, 2.05) is 50.2 Å². The van der Waals surface area contributed by atoms with Crippen molar-refractivity contribution in [3.8, 4) is 0 Å². The Morgan fingerprint density at radius 2 is 1.03 bits per heavy atom. The minimum Gasteiger partial charge on any atom is -0.462 e. The molecule has 0 radical (unpaired) electrons. The number of rotatable bonds is 8. The maximum atomic E-state index is 13.1. The summed E-state index contributed by atoms with van der Waals surface area (Å²) in [5.41, 5.74) is 3.26. The van der Waals surface area contributed by atoms with Crippen LogP contribution in [0.5, 0.6) is 0 Å². The van der Waals surface area contributed by atoms with Crippen molar-refractivity contribution in [2.45, 2.75) is 53.4 Å². The molecule has 0 aliphatic heterocycles. The lowest BCUT2D eigenvalue weighted by molar-refractivity contribution is 0.0497. The van der Waals surface area contributed by atoms with Gasteiger partial charge in [-0.1, -0.05) is 64.1 Å². The molecular formula is C26H30O4. The maximum absolute atomic E-state index is 13.1. The van der Waals surface area contributed by atoms with E-state index in [9.17, 15) is 9.59 Å². The Kier molecular flexibility index (Phi) is 7.09. The summed E-state index contributed by atoms with van der Waals surface area (Å²) in [5, 5.41) is 2.96. The van der Waals surface area contributed by atoms with Gasteiger partial charge < -0.3 is 9.47 Å². The van der Waals surface area contributed by atoms with Crippen molar-refractivity contribution in [1.82, 2.24) is 0 Å². The summed E-state index contributed by atoms with van der Waals surface area (Å²) in [6.45, 7) is 8.81. The van der Waals surface area contributed by atoms with Gasteiger partial charge in [-0.3, -0.25) is 0 Å². The van der Waals surface area contributed by atoms with E-state index in [4.69, 9.17) is 9.47 Å². The highest BCUT2D eigenvalue weighted by Gasteiger charge is 2.24. The summed E-state index contributed by atoms with van der Waals surface area (Å²) >= 11 is 0. The highest BCUT2D eigenvalue weighted by molar-refractivity contribution is 6.24. The summed E-state index contributed by atoms with van der Waals surface area (Å²) in [6, 6.07) is 11.9. The molecule has 4 heteroatoms. The van der Waals surface area contributed by atoms with E-state index >= 15 is 0 Å². The number of hydrogen-bond acceptors (Lipinski definition) is 4. The Hall–Kier alpha value is -2.88. The third-order valence-electron chi connectivity index (χ3n) is 5.34. The molecule has 0 saturated heterocycles. The smallest absolute Gasteiger partial charge is 0.339 e. The molecule has 0 aromatic heterocycles. The van der Waals surface area contributed by atoms with Crippen molar-refractivity contribution in [3.63, 3.8) is 0 Å². The molecular weight excluding hydrogens is 376 g/mol. The molecule has 30 heavy (non-hydrogen) atoms. The number of fused-ring (bicyclic) bond motifs is 2. The number of hydrogen-bond donors (Lipinski definition) is 0. The Labute approximate surface area is 178 Å². The Morgan fingerprint density at radius 1 is 0.633 bits per heavy atom. The molecule has 3 aromatic rings. The van der Waals surface area contributed by atoms with Gasteiger partial charge in [0.2, 0.25) is 0 Å². The lowest BCUT2D eigenvalue weighted by atomic mass is 9.89. The van der Waals surface area contributed by atoms with Gasteiger partial charge in [0.25, 0.3) is 0 Å². The summed E-state index contributed by atoms with van der Waals surface area (Å²) in [5.74, 6) is -0.698. The van der Waals surface area contributed by atoms with E-state index in [1.54, 1.807) is 0 Å². The number of carbonyl (C=O) groups excluding carboxylic acids is 2. The molecule has 4 nitrogen and oxygen atoms in total. The second-order valence-electron chi connectivity index (χ2n) is 7.49. The predicted octanol–water partition coefficient (Wildman–Crippen LogP) is 6.25. The van der Waals surface area contributed by atoms with E-state index in [2.05, 4.69) is 13.8 Å². The van der Waals surface area contributed by atoms with Crippen LogP contribution >= 0.6 is 0 Å². The van der Waals surface area contributed by atoms with Crippen LogP contribution in [0.3, 0.4) is 0 Å². The van der Waals surface area contributed by atoms with Crippen molar-refractivity contribution < 1.29 is 19.1 Å². The van der Waals surface area contributed by atoms with Crippen LogP contribution in [0.2, 0.25) is 0 Å². The summed E-state index contributed by atoms with van der Waals surface area (Å²) in [7, 11) is 0. The van der Waals surface area contributed by atoms with E-state index in [-0.39, 0.29) is 11.9 Å². The minimum atomic E-state index is -0.353. The number of benzene rings is 3. The molecule has 0 spiro atoms. The molecule has 0 fully saturated rings. The molecule has 158 valence electrons. The van der Waals surface area contributed by atoms with Crippen molar-refractivity contribution in [1.29, 1.82) is 0 Å². The van der Waals surface area contributed by atoms with Crippen LogP contribution in [0.1, 0.15) is 72.4 Å². The van der Waals surface area contributed by atoms with Gasteiger partial charge in [0.05, 0.1) is 24.3 Å². The molecule has 0 amide bonds. The number of ether oxygens (including phenoxy) is 2. The third kappa shape index (κ3) is 4.18. The van der Waals surface area contributed by atoms with Crippen molar-refractivity contribution in [3.05, 3.63) is 58.7 Å². The first-order valence-corrected chi connectivity index (χ1v) is 10.9. The van der Waals surface area contributed by atoms with Gasteiger partial charge in [0.1, 0.15) is 0 Å². The number of esters is 2. The molecule has 0 saturated carbocycles. The number of carbonyl (C=O) groups is 2. The van der Waals surface area contributed by atoms with Crippen LogP contribution in [0, 0.1) is 0 Å². The van der Waals surface area contributed by atoms with Crippen LogP contribution in [0.15, 0.2) is 36.4 Å². The van der Waals surface area contributed by atoms with E-state index in [0.29, 0.717) is 24.3 Å². The van der Waals surface area contributed by atoms with E-state index in [1.165, 1.54) is 0 Å². The fourth-order valence-electron chi connectivity index (χ4n) is 3.74. The zero-order valence-corrected chi connectivity index (χ0v) is 18.3. The standard InChI is InChI=1S/C26H30O4/c1-5-13-29-25(27)23-19-11-9-17(7-3)15-21(19)24(26(28)30-14-6-2)22-16-18(8-4)10-12-20(22)23/h9-12,15-16H,5-8,13-14H2,1-4H3. The Balaban J connectivity index is 2.42. The van der Waals surface area contributed by atoms with Crippen LogP contribution < -0.4 is 0 Å². The van der Waals surface area contributed by atoms with E-state index < -0.39 is 0 Å². The SMILES string of the molecule is CCCOC(=O)c1c2ccc(CC)cc2c(C(=O)OCCC)c2cc(CC)ccc12. The topological polar surface area (TPSA) is 52.6 Å². The molecule has 0 aliphatic carbocycles. The van der Waals surface area contributed by atoms with E-state index in [0.717, 1.165) is 58.4 Å². The molecule has 3 aromatic carbocycles. The normalized spacial score (nSPS) is 11.1. The zero-order chi connectivity index (χ0) is 21.7. The Bertz CT molecular complexity index is 1020. The highest BCUT2D eigenvalue weighted by atomic mass is 16.5. The van der Waals surface area contributed by atoms with Crippen molar-refractivity contribution in [2.75, 3.05) is 13.2 Å². The van der Waals surface area contributed by atoms with Gasteiger partial charge in [-0.2, -0.15) is 0 Å². The maximum Gasteiger partial charge on any atom is 0.339 e. The monoisotopic (exact) mass is 406 g/mol. The Morgan fingerprint density at radius 3 is 1.40 bits per heavy atom. The van der Waals surface area contributed by atoms with Gasteiger partial charge >= 0.3 is 11.9 Å². The largest absolute Gasteiger partial charge is 0.462 e. The first-order valence-electron chi connectivity index (χ1n) is 10.9. The van der Waals surface area contributed by atoms with Crippen LogP contribution in [0.4, 0.5) is 0 Å². The second kappa shape index (κ2) is 9.75. The quantitative estimate of drug-likeness (QED) is 0.328. The zero-order valence-electron chi connectivity index (χ0n) is 18.3. The summed E-state index contributed by atoms with van der Waals surface area (Å²) < 4.78 is 11.1. The summed E-state index contributed by atoms with van der Waals surface area (Å²) in [4.78, 5) is 26.2. The third-order valence-corrected chi connectivity index (χ3v) is 5.34. The first-order chi connectivity index (χ1) is 14.5. The lowest BCUT2D eigenvalue weighted by Crippen LogP contribution is -2.12. The van der Waals surface area contributed by atoms with Gasteiger partial charge in [0, 0.05) is 0 Å². The minimum absolute atomic E-state index is 0.346. The average Bonchev–Trinajstić information content (AvgIpc) is 2.78. The molecule has 0 aliphatic rings. The fraction of sp³-hybridized carbons (Fsp3) is 0.385. The highest BCUT2D eigenvalue weighted by Crippen LogP contribution is 2.35. The van der Waals surface area contributed by atoms with Crippen molar-refractivity contribution >= 4 is 33.5 Å². The van der Waals surface area contributed by atoms with Crippen LogP contribution in [-0.4, -0.2) is 25.2 Å². The van der Waals surface area contributed by atoms with Gasteiger partial charge in [-0.25, -0.2) is 9.59 Å². The number of aryl methyl sites for hydroxylation is 2. The second-order valence-corrected chi connectivity index (χ2v) is 7.49. The van der Waals surface area contributed by atoms with Gasteiger partial charge in [-0.05, 0) is 58.4 Å². The first kappa shape index (κ1) is 21.8. The fourth-order valence-corrected chi connectivity index (χ4v) is 3.74. The van der Waals surface area contributed by atoms with Crippen molar-refractivity contribution in [2.24, 2.45) is 0 Å². The predicted molar refractivity (Wildman–Crippen MR) is 121 cm³/mol. The molecule has 0 bridgehead atoms. The molecule has 0 N–H and O–H groups in total. The molecule has 0 heterocycles. The molecule has 0 unspecified atom stereocenters. The van der Waals surface area contributed by atoms with Gasteiger partial charge in [0.15, 0.2) is 0 Å². The lowest BCUT2D eigenvalue weighted by Gasteiger charge is -2.17. The molecule has 0 atom stereocenters. The molecule has 3 rings (SSSR count). The van der Waals surface area contributed by atoms with Gasteiger partial charge in [-0.15, -0.1) is 0 Å². The van der Waals surface area contributed by atoms with Crippen LogP contribution in [-0.2, 0) is 22.3 Å². The average molecular weight is 407 g/mol. The van der Waals surface area contributed by atoms with Crippen LogP contribution in [0.25, 0.3) is 21.5 Å². The summed E-state index contributed by atoms with van der Waals surface area (Å²) in [6.07, 6.45) is 3.18.